The second-order valence-corrected chi connectivity index (χ2v) is 8.30. The van der Waals surface area contributed by atoms with E-state index >= 15 is 0 Å². The maximum atomic E-state index is 12.5. The Labute approximate surface area is 195 Å². The van der Waals surface area contributed by atoms with Gasteiger partial charge in [-0.15, -0.1) is 0 Å². The molecule has 1 atom stereocenters. The zero-order valence-corrected chi connectivity index (χ0v) is 19.0. The number of ether oxygens (including phenoxy) is 2. The van der Waals surface area contributed by atoms with E-state index in [0.29, 0.717) is 13.2 Å². The highest BCUT2D eigenvalue weighted by Crippen LogP contribution is 2.37. The minimum absolute atomic E-state index is 0.207. The van der Waals surface area contributed by atoms with Crippen LogP contribution in [-0.2, 0) is 16.1 Å². The van der Waals surface area contributed by atoms with Crippen LogP contribution < -0.4 is 4.74 Å². The molecule has 5 aromatic rings. The molecule has 2 heterocycles. The summed E-state index contributed by atoms with van der Waals surface area (Å²) in [5.74, 6) is 0.342. The average molecular weight is 458 g/mol. The number of nitrogens with zero attached hydrogens (tertiary/aromatic N) is 2. The first-order valence-electron chi connectivity index (χ1n) is 10.9. The first kappa shape index (κ1) is 21.2. The van der Waals surface area contributed by atoms with Gasteiger partial charge in [-0.1, -0.05) is 42.5 Å². The lowest BCUT2D eigenvalue weighted by Crippen LogP contribution is -2.12. The molecule has 6 nitrogen and oxygen atoms in total. The number of benzene rings is 3. The summed E-state index contributed by atoms with van der Waals surface area (Å²) < 4.78 is 20.1. The van der Waals surface area contributed by atoms with Gasteiger partial charge in [-0.3, -0.25) is 4.79 Å². The Morgan fingerprint density at radius 1 is 1.03 bits per heavy atom. The number of nitrogens with one attached hydrogen (secondary N) is 1. The van der Waals surface area contributed by atoms with Gasteiger partial charge < -0.3 is 14.5 Å². The number of fused-ring (bicyclic) bond motifs is 2. The summed E-state index contributed by atoms with van der Waals surface area (Å²) in [6, 6.07) is 22.0. The van der Waals surface area contributed by atoms with Gasteiger partial charge >= 0.3 is 5.97 Å². The summed E-state index contributed by atoms with van der Waals surface area (Å²) in [5.41, 5.74) is 5.72. The highest BCUT2D eigenvalue weighted by molar-refractivity contribution is 7.00. The predicted octanol–water partition coefficient (Wildman–Crippen LogP) is 5.84. The number of hydrogen-bond acceptors (Lipinski definition) is 6. The number of carbonyl (C=O) groups excluding carboxylic acids is 1. The fourth-order valence-corrected chi connectivity index (χ4v) is 4.69. The molecule has 2 aromatic heterocycles. The average Bonchev–Trinajstić information content (AvgIpc) is 3.49. The number of hydrogen-bond donors (Lipinski definition) is 1. The molecule has 0 fully saturated rings. The van der Waals surface area contributed by atoms with Crippen molar-refractivity contribution in [3.05, 3.63) is 89.6 Å². The fourth-order valence-electron chi connectivity index (χ4n) is 4.13. The van der Waals surface area contributed by atoms with Crippen molar-refractivity contribution in [1.82, 2.24) is 13.7 Å². The largest absolute Gasteiger partial charge is 0.489 e. The van der Waals surface area contributed by atoms with Crippen LogP contribution in [0.1, 0.15) is 36.0 Å². The second-order valence-electron chi connectivity index (χ2n) is 7.77. The van der Waals surface area contributed by atoms with Crippen LogP contribution in [0.5, 0.6) is 5.75 Å². The molecule has 0 amide bonds. The van der Waals surface area contributed by atoms with Crippen LogP contribution in [0.2, 0.25) is 0 Å². The maximum Gasteiger partial charge on any atom is 0.306 e. The predicted molar refractivity (Wildman–Crippen MR) is 130 cm³/mol. The van der Waals surface area contributed by atoms with Crippen molar-refractivity contribution in [3.8, 4) is 5.75 Å². The van der Waals surface area contributed by atoms with Gasteiger partial charge in [0.25, 0.3) is 0 Å². The van der Waals surface area contributed by atoms with E-state index in [-0.39, 0.29) is 18.3 Å². The van der Waals surface area contributed by atoms with Crippen LogP contribution in [0, 0.1) is 0 Å². The van der Waals surface area contributed by atoms with Crippen molar-refractivity contribution in [2.24, 2.45) is 0 Å². The number of aromatic nitrogens is 3. The van der Waals surface area contributed by atoms with Crippen molar-refractivity contribution in [3.63, 3.8) is 0 Å². The Kier molecular flexibility index (Phi) is 6.04. The van der Waals surface area contributed by atoms with E-state index in [1.165, 1.54) is 11.7 Å². The number of H-pyrrole nitrogens is 1. The molecule has 7 heteroatoms. The van der Waals surface area contributed by atoms with E-state index in [0.717, 1.165) is 44.4 Å². The van der Waals surface area contributed by atoms with E-state index < -0.39 is 0 Å². The Bertz CT molecular complexity index is 1390. The lowest BCUT2D eigenvalue weighted by Gasteiger charge is -2.17. The molecule has 166 valence electrons. The summed E-state index contributed by atoms with van der Waals surface area (Å²) in [6.45, 7) is 2.68. The molecule has 0 bridgehead atoms. The van der Waals surface area contributed by atoms with Crippen molar-refractivity contribution in [2.75, 3.05) is 6.61 Å². The van der Waals surface area contributed by atoms with Crippen molar-refractivity contribution < 1.29 is 14.3 Å². The zero-order chi connectivity index (χ0) is 22.6. The van der Waals surface area contributed by atoms with Gasteiger partial charge in [0.1, 0.15) is 23.4 Å². The normalized spacial score (nSPS) is 12.2. The molecule has 0 aliphatic rings. The summed E-state index contributed by atoms with van der Waals surface area (Å²) in [4.78, 5) is 15.9. The summed E-state index contributed by atoms with van der Waals surface area (Å²) in [6.07, 6.45) is 2.19. The Hall–Kier alpha value is -3.71. The van der Waals surface area contributed by atoms with E-state index in [1.54, 1.807) is 0 Å². The van der Waals surface area contributed by atoms with Gasteiger partial charge in [0.15, 0.2) is 0 Å². The first-order valence-corrected chi connectivity index (χ1v) is 11.6. The highest BCUT2D eigenvalue weighted by atomic mass is 32.1. The highest BCUT2D eigenvalue weighted by Gasteiger charge is 2.25. The number of rotatable bonds is 8. The molecule has 1 unspecified atom stereocenters. The molecule has 0 spiro atoms. The summed E-state index contributed by atoms with van der Waals surface area (Å²) in [5, 5.41) is 1.04. The SMILES string of the molecule is CCOC(=O)CC(c1c[nH]c2cc(OCc3ccccc3)ccc12)c1cccc2nsnc12. The van der Waals surface area contributed by atoms with E-state index in [4.69, 9.17) is 9.47 Å². The van der Waals surface area contributed by atoms with Crippen LogP contribution in [0.4, 0.5) is 0 Å². The van der Waals surface area contributed by atoms with E-state index in [9.17, 15) is 4.79 Å². The van der Waals surface area contributed by atoms with Crippen LogP contribution in [-0.4, -0.2) is 26.3 Å². The van der Waals surface area contributed by atoms with Crippen molar-refractivity contribution in [1.29, 1.82) is 0 Å². The minimum Gasteiger partial charge on any atom is -0.489 e. The molecule has 0 saturated heterocycles. The molecule has 0 aliphatic heterocycles. The Morgan fingerprint density at radius 3 is 2.76 bits per heavy atom. The van der Waals surface area contributed by atoms with Crippen molar-refractivity contribution >= 4 is 39.6 Å². The van der Waals surface area contributed by atoms with Gasteiger partial charge in [-0.2, -0.15) is 8.75 Å². The monoisotopic (exact) mass is 457 g/mol. The lowest BCUT2D eigenvalue weighted by molar-refractivity contribution is -0.143. The van der Waals surface area contributed by atoms with E-state index in [2.05, 4.69) is 13.7 Å². The molecule has 0 saturated carbocycles. The number of esters is 1. The van der Waals surface area contributed by atoms with Crippen molar-refractivity contribution in [2.45, 2.75) is 25.9 Å². The Balaban J connectivity index is 1.49. The van der Waals surface area contributed by atoms with Crippen LogP contribution in [0.15, 0.2) is 72.9 Å². The van der Waals surface area contributed by atoms with Crippen LogP contribution >= 0.6 is 11.7 Å². The van der Waals surface area contributed by atoms with E-state index in [1.807, 2.05) is 79.9 Å². The third-order valence-electron chi connectivity index (χ3n) is 5.68. The van der Waals surface area contributed by atoms with Gasteiger partial charge in [-0.05, 0) is 41.8 Å². The molecule has 1 N–H and O–H groups in total. The zero-order valence-electron chi connectivity index (χ0n) is 18.2. The minimum atomic E-state index is -0.236. The molecular formula is C26H23N3O3S. The summed E-state index contributed by atoms with van der Waals surface area (Å²) >= 11 is 1.18. The van der Waals surface area contributed by atoms with Crippen LogP contribution in [0.25, 0.3) is 21.9 Å². The third kappa shape index (κ3) is 4.45. The van der Waals surface area contributed by atoms with Crippen LogP contribution in [0.3, 0.4) is 0 Å². The molecule has 0 aliphatic carbocycles. The number of carbonyl (C=O) groups is 1. The number of aromatic amines is 1. The van der Waals surface area contributed by atoms with Gasteiger partial charge in [-0.25, -0.2) is 0 Å². The topological polar surface area (TPSA) is 77.1 Å². The lowest BCUT2D eigenvalue weighted by atomic mass is 9.87. The smallest absolute Gasteiger partial charge is 0.306 e. The molecular weight excluding hydrogens is 434 g/mol. The third-order valence-corrected chi connectivity index (χ3v) is 6.22. The fraction of sp³-hybridized carbons (Fsp3) is 0.192. The molecule has 33 heavy (non-hydrogen) atoms. The maximum absolute atomic E-state index is 12.5. The van der Waals surface area contributed by atoms with Gasteiger partial charge in [0.2, 0.25) is 0 Å². The molecule has 3 aromatic carbocycles. The first-order chi connectivity index (χ1) is 16.2. The second kappa shape index (κ2) is 9.42. The van der Waals surface area contributed by atoms with Gasteiger partial charge in [0.05, 0.1) is 24.8 Å². The molecule has 5 rings (SSSR count). The summed E-state index contributed by atoms with van der Waals surface area (Å²) in [7, 11) is 0. The Morgan fingerprint density at radius 2 is 1.91 bits per heavy atom. The quantitative estimate of drug-likeness (QED) is 0.296. The van der Waals surface area contributed by atoms with Gasteiger partial charge in [0, 0.05) is 29.1 Å². The standard InChI is InChI=1S/C26H23N3O3S/c1-2-31-25(30)14-21(20-9-6-10-23-26(20)29-33-28-23)22-15-27-24-13-18(11-12-19(22)24)32-16-17-7-4-3-5-8-17/h3-13,15,21,27H,2,14,16H2,1H3. The molecule has 0 radical (unpaired) electrons.